The van der Waals surface area contributed by atoms with Crippen LogP contribution in [0.15, 0.2) is 47.1 Å². The maximum absolute atomic E-state index is 14.0. The van der Waals surface area contributed by atoms with Crippen LogP contribution in [0.4, 0.5) is 0 Å². The van der Waals surface area contributed by atoms with E-state index < -0.39 is 41.6 Å². The largest absolute Gasteiger partial charge is 0.462 e. The Morgan fingerprint density at radius 3 is 2.64 bits per heavy atom. The monoisotopic (exact) mass is 584 g/mol. The smallest absolute Gasteiger partial charge is 0.316 e. The lowest BCUT2D eigenvalue weighted by Gasteiger charge is -2.51. The van der Waals surface area contributed by atoms with Crippen molar-refractivity contribution in [2.75, 3.05) is 6.61 Å². The van der Waals surface area contributed by atoms with Crippen LogP contribution in [0.25, 0.3) is 0 Å². The molecule has 42 heavy (non-hydrogen) atoms. The van der Waals surface area contributed by atoms with Crippen molar-refractivity contribution in [3.05, 3.63) is 47.1 Å². The highest BCUT2D eigenvalue weighted by Gasteiger charge is 2.60. The molecule has 4 heterocycles. The van der Waals surface area contributed by atoms with E-state index in [0.717, 1.165) is 12.8 Å². The Kier molecular flexibility index (Phi) is 9.04. The minimum absolute atomic E-state index is 0.00797. The number of carbonyl (C=O) groups excluding carboxylic acids is 2. The summed E-state index contributed by atoms with van der Waals surface area (Å²) in [5.41, 5.74) is -0.102. The maximum Gasteiger partial charge on any atom is 0.316 e. The van der Waals surface area contributed by atoms with Crippen LogP contribution >= 0.6 is 0 Å². The van der Waals surface area contributed by atoms with E-state index in [1.54, 1.807) is 31.2 Å². The molecule has 232 valence electrons. The second-order valence-corrected chi connectivity index (χ2v) is 13.4. The lowest BCUT2D eigenvalue weighted by Crippen LogP contribution is -2.58. The fourth-order valence-electron chi connectivity index (χ4n) is 7.44. The van der Waals surface area contributed by atoms with Crippen LogP contribution in [0.2, 0.25) is 0 Å². The minimum atomic E-state index is -1.78. The van der Waals surface area contributed by atoms with Crippen LogP contribution in [-0.2, 0) is 28.5 Å². The highest BCUT2D eigenvalue weighted by molar-refractivity contribution is 5.97. The van der Waals surface area contributed by atoms with Gasteiger partial charge in [0.15, 0.2) is 11.6 Å². The van der Waals surface area contributed by atoms with E-state index in [0.29, 0.717) is 54.2 Å². The van der Waals surface area contributed by atoms with Gasteiger partial charge in [-0.2, -0.15) is 0 Å². The first-order valence-corrected chi connectivity index (χ1v) is 15.7. The van der Waals surface area contributed by atoms with Gasteiger partial charge in [0.1, 0.15) is 29.8 Å². The van der Waals surface area contributed by atoms with Gasteiger partial charge in [-0.05, 0) is 55.2 Å². The van der Waals surface area contributed by atoms with Crippen LogP contribution in [0.3, 0.4) is 0 Å². The molecule has 1 spiro atoms. The number of hydrogen-bond donors (Lipinski definition) is 2. The standard InChI is InChI=1S/C34H48O8/c1-7-19(2)30-22(5)13-14-33(42-30)17-26-16-25(41-33)12-11-21(4)28(35)20(3)9-8-10-24-18-39-31-29(36)23(6)15-27(32(37)40-26)34(24,31)38/h8-11,15,19-20,22,25-27,29-31,36,38H,7,12-14,16-18H2,1-6H3/b9-8+,21-11+,24-10+/t19-,20-,22-,25+,26-,27-,29+,30+,31+,33+,34+/m0/s1. The summed E-state index contributed by atoms with van der Waals surface area (Å²) in [5, 5.41) is 23.0. The Labute approximate surface area is 249 Å². The van der Waals surface area contributed by atoms with E-state index in [-0.39, 0.29) is 30.5 Å². The Bertz CT molecular complexity index is 1180. The maximum atomic E-state index is 14.0. The molecule has 8 nitrogen and oxygen atoms in total. The number of aliphatic hydroxyl groups is 2. The predicted octanol–water partition coefficient (Wildman–Crippen LogP) is 4.74. The molecular formula is C34H48O8. The van der Waals surface area contributed by atoms with Gasteiger partial charge >= 0.3 is 5.97 Å². The zero-order chi connectivity index (χ0) is 30.4. The first kappa shape index (κ1) is 31.3. The van der Waals surface area contributed by atoms with Crippen LogP contribution in [-0.4, -0.2) is 70.5 Å². The number of Topliss-reactive ketones (excluding diaryl/α,β-unsaturated/α-hetero) is 1. The summed E-state index contributed by atoms with van der Waals surface area (Å²) in [6.45, 7) is 12.0. The third-order valence-corrected chi connectivity index (χ3v) is 10.3. The average molecular weight is 585 g/mol. The highest BCUT2D eigenvalue weighted by Crippen LogP contribution is 2.47. The molecular weight excluding hydrogens is 536 g/mol. The summed E-state index contributed by atoms with van der Waals surface area (Å²) < 4.78 is 25.6. The molecule has 3 fully saturated rings. The van der Waals surface area contributed by atoms with E-state index in [4.69, 9.17) is 18.9 Å². The van der Waals surface area contributed by atoms with Crippen molar-refractivity contribution in [2.24, 2.45) is 23.7 Å². The number of hydrogen-bond acceptors (Lipinski definition) is 8. The lowest BCUT2D eigenvalue weighted by molar-refractivity contribution is -0.340. The summed E-state index contributed by atoms with van der Waals surface area (Å²) in [5.74, 6) is -2.15. The molecule has 0 aromatic rings. The van der Waals surface area contributed by atoms with E-state index in [1.165, 1.54) is 0 Å². The molecule has 2 N–H and O–H groups in total. The minimum Gasteiger partial charge on any atom is -0.462 e. The van der Waals surface area contributed by atoms with E-state index in [9.17, 15) is 19.8 Å². The van der Waals surface area contributed by atoms with Crippen LogP contribution in [0.5, 0.6) is 0 Å². The molecule has 4 aliphatic heterocycles. The van der Waals surface area contributed by atoms with Gasteiger partial charge in [-0.15, -0.1) is 0 Å². The van der Waals surface area contributed by atoms with Crippen molar-refractivity contribution in [2.45, 2.75) is 122 Å². The van der Waals surface area contributed by atoms with Crippen LogP contribution in [0.1, 0.15) is 80.1 Å². The molecule has 1 aliphatic carbocycles. The molecule has 0 saturated carbocycles. The van der Waals surface area contributed by atoms with E-state index >= 15 is 0 Å². The number of ketones is 1. The van der Waals surface area contributed by atoms with Gasteiger partial charge < -0.3 is 29.2 Å². The fraction of sp³-hybridized carbons (Fsp3) is 0.706. The fourth-order valence-corrected chi connectivity index (χ4v) is 7.44. The van der Waals surface area contributed by atoms with E-state index in [2.05, 4.69) is 20.8 Å². The number of rotatable bonds is 2. The van der Waals surface area contributed by atoms with Gasteiger partial charge in [-0.3, -0.25) is 9.59 Å². The topological polar surface area (TPSA) is 112 Å². The van der Waals surface area contributed by atoms with Gasteiger partial charge in [0.25, 0.3) is 0 Å². The van der Waals surface area contributed by atoms with Crippen molar-refractivity contribution in [3.8, 4) is 0 Å². The van der Waals surface area contributed by atoms with Gasteiger partial charge in [-0.25, -0.2) is 0 Å². The Balaban J connectivity index is 1.53. The average Bonchev–Trinajstić information content (AvgIpc) is 3.30. The molecule has 8 heteroatoms. The molecule has 0 unspecified atom stereocenters. The van der Waals surface area contributed by atoms with E-state index in [1.807, 2.05) is 19.9 Å². The number of ether oxygens (including phenoxy) is 4. The highest BCUT2D eigenvalue weighted by atomic mass is 16.7. The third kappa shape index (κ3) is 5.73. The van der Waals surface area contributed by atoms with Crippen molar-refractivity contribution >= 4 is 11.8 Å². The first-order valence-electron chi connectivity index (χ1n) is 15.7. The normalized spacial score (nSPS) is 46.9. The quantitative estimate of drug-likeness (QED) is 0.354. The zero-order valence-corrected chi connectivity index (χ0v) is 25.9. The van der Waals surface area contributed by atoms with Crippen molar-refractivity contribution in [1.82, 2.24) is 0 Å². The Hall–Kier alpha value is -2.10. The van der Waals surface area contributed by atoms with Crippen molar-refractivity contribution < 1.29 is 38.7 Å². The predicted molar refractivity (Wildman–Crippen MR) is 157 cm³/mol. The van der Waals surface area contributed by atoms with Crippen molar-refractivity contribution in [3.63, 3.8) is 0 Å². The van der Waals surface area contributed by atoms with Crippen molar-refractivity contribution in [1.29, 1.82) is 0 Å². The SMILES string of the molecule is CC[C@H](C)[C@H]1O[C@]2(CC[C@@H]1C)C[C@@H]1C[C@@H](C/C=C(\C)C(=O)[C@@H](C)/C=C/C=C3\CO[C@@H]4[C@H](O)C(C)=C[C@@H](C(=O)O1)[C@]34O)O2. The molecule has 11 atom stereocenters. The first-order chi connectivity index (χ1) is 19.9. The second kappa shape index (κ2) is 12.1. The third-order valence-electron chi connectivity index (χ3n) is 10.3. The van der Waals surface area contributed by atoms with Gasteiger partial charge in [0, 0.05) is 25.2 Å². The Morgan fingerprint density at radius 2 is 1.90 bits per heavy atom. The summed E-state index contributed by atoms with van der Waals surface area (Å²) in [6, 6.07) is 0. The van der Waals surface area contributed by atoms with Crippen LogP contribution in [0, 0.1) is 23.7 Å². The number of fused-ring (bicyclic) bond motifs is 2. The molecule has 0 radical (unpaired) electrons. The summed E-state index contributed by atoms with van der Waals surface area (Å²) in [4.78, 5) is 27.1. The molecule has 2 bridgehead atoms. The molecule has 5 aliphatic rings. The molecule has 0 amide bonds. The van der Waals surface area contributed by atoms with Gasteiger partial charge in [0.2, 0.25) is 0 Å². The lowest BCUT2D eigenvalue weighted by atomic mass is 9.71. The number of esters is 1. The number of aliphatic hydroxyl groups excluding tert-OH is 1. The number of carbonyl (C=O) groups is 2. The molecule has 5 rings (SSSR count). The Morgan fingerprint density at radius 1 is 1.14 bits per heavy atom. The summed E-state index contributed by atoms with van der Waals surface area (Å²) >= 11 is 0. The molecule has 0 aromatic heterocycles. The molecule has 3 saturated heterocycles. The zero-order valence-electron chi connectivity index (χ0n) is 25.9. The second-order valence-electron chi connectivity index (χ2n) is 13.4. The summed E-state index contributed by atoms with van der Waals surface area (Å²) in [6.07, 6.45) is 9.85. The van der Waals surface area contributed by atoms with Gasteiger partial charge in [0.05, 0.1) is 18.8 Å². The van der Waals surface area contributed by atoms with Gasteiger partial charge in [-0.1, -0.05) is 64.5 Å². The van der Waals surface area contributed by atoms with Crippen LogP contribution < -0.4 is 0 Å². The molecule has 0 aromatic carbocycles. The summed E-state index contributed by atoms with van der Waals surface area (Å²) in [7, 11) is 0. The number of allylic oxidation sites excluding steroid dienone is 4.